The van der Waals surface area contributed by atoms with Crippen LogP contribution in [0.2, 0.25) is 5.02 Å². The summed E-state index contributed by atoms with van der Waals surface area (Å²) in [6, 6.07) is 13.3. The number of ether oxygens (including phenoxy) is 1. The molecule has 1 amide bonds. The van der Waals surface area contributed by atoms with Crippen LogP contribution < -0.4 is 15.8 Å². The van der Waals surface area contributed by atoms with Crippen LogP contribution in [0.5, 0.6) is 5.88 Å². The van der Waals surface area contributed by atoms with Gasteiger partial charge in [-0.15, -0.1) is 0 Å². The molecule has 10 nitrogen and oxygen atoms in total. The van der Waals surface area contributed by atoms with Crippen LogP contribution in [0, 0.1) is 0 Å². The Morgan fingerprint density at radius 2 is 1.97 bits per heavy atom. The van der Waals surface area contributed by atoms with Crippen LogP contribution >= 0.6 is 11.6 Å². The third-order valence-electron chi connectivity index (χ3n) is 5.20. The Kier molecular flexibility index (Phi) is 5.56. The molecule has 0 spiro atoms. The van der Waals surface area contributed by atoms with Crippen molar-refractivity contribution in [3.05, 3.63) is 83.5 Å². The number of nitrogens with one attached hydrogen (secondary N) is 1. The zero-order valence-corrected chi connectivity index (χ0v) is 18.8. The van der Waals surface area contributed by atoms with Crippen molar-refractivity contribution in [3.8, 4) is 17.1 Å². The van der Waals surface area contributed by atoms with Crippen molar-refractivity contribution in [1.82, 2.24) is 29.4 Å². The SMILES string of the molecule is COc1ncc(-c2cc(Cl)c3c(N)ncnn23)cc1C(=O)Nc1cnn(Cc2ccccc2)c1. The number of nitrogens with two attached hydrogens (primary N) is 1. The molecule has 0 atom stereocenters. The molecule has 0 aliphatic rings. The molecule has 0 saturated carbocycles. The molecule has 0 fully saturated rings. The predicted molar refractivity (Wildman–Crippen MR) is 128 cm³/mol. The van der Waals surface area contributed by atoms with Crippen molar-refractivity contribution in [2.45, 2.75) is 6.54 Å². The molecule has 0 aliphatic heterocycles. The highest BCUT2D eigenvalue weighted by Crippen LogP contribution is 2.32. The van der Waals surface area contributed by atoms with E-state index in [2.05, 4.69) is 25.5 Å². The molecule has 0 bridgehead atoms. The Labute approximate surface area is 199 Å². The van der Waals surface area contributed by atoms with Gasteiger partial charge in [0, 0.05) is 18.0 Å². The van der Waals surface area contributed by atoms with E-state index in [0.717, 1.165) is 5.56 Å². The first-order valence-corrected chi connectivity index (χ1v) is 10.6. The minimum atomic E-state index is -0.397. The molecule has 170 valence electrons. The van der Waals surface area contributed by atoms with Crippen molar-refractivity contribution >= 4 is 34.5 Å². The molecule has 3 N–H and O–H groups in total. The summed E-state index contributed by atoms with van der Waals surface area (Å²) in [5.41, 5.74) is 9.52. The Bertz CT molecular complexity index is 1500. The van der Waals surface area contributed by atoms with Gasteiger partial charge in [-0.2, -0.15) is 10.2 Å². The summed E-state index contributed by atoms with van der Waals surface area (Å²) in [7, 11) is 1.45. The average Bonchev–Trinajstić information content (AvgIpc) is 3.43. The number of carbonyl (C=O) groups is 1. The quantitative estimate of drug-likeness (QED) is 0.385. The molecule has 0 aliphatic carbocycles. The van der Waals surface area contributed by atoms with Crippen molar-refractivity contribution in [2.75, 3.05) is 18.2 Å². The number of amides is 1. The number of hydrogen-bond acceptors (Lipinski definition) is 7. The van der Waals surface area contributed by atoms with Gasteiger partial charge < -0.3 is 15.8 Å². The predicted octanol–water partition coefficient (Wildman–Crippen LogP) is 3.53. The van der Waals surface area contributed by atoms with Crippen molar-refractivity contribution in [1.29, 1.82) is 0 Å². The maximum atomic E-state index is 13.1. The van der Waals surface area contributed by atoms with Gasteiger partial charge in [0.05, 0.1) is 36.3 Å². The third-order valence-corrected chi connectivity index (χ3v) is 5.49. The number of carbonyl (C=O) groups excluding carboxylic acids is 1. The van der Waals surface area contributed by atoms with Crippen molar-refractivity contribution in [2.24, 2.45) is 0 Å². The number of methoxy groups -OCH3 is 1. The molecular weight excluding hydrogens is 456 g/mol. The zero-order valence-electron chi connectivity index (χ0n) is 18.0. The first-order valence-electron chi connectivity index (χ1n) is 10.2. The first kappa shape index (κ1) is 21.4. The monoisotopic (exact) mass is 474 g/mol. The standard InChI is InChI=1S/C23H19ClN8O2/c1-34-23-17(22(33)30-16-10-28-31(12-16)11-14-5-3-2-4-6-14)7-15(9-26-23)19-8-18(24)20-21(25)27-13-29-32(19)20/h2-10,12-13H,11H2,1H3,(H,30,33)(H2,25,27,29). The fourth-order valence-corrected chi connectivity index (χ4v) is 3.91. The number of nitrogen functional groups attached to an aromatic ring is 1. The van der Waals surface area contributed by atoms with Gasteiger partial charge in [0.1, 0.15) is 17.4 Å². The van der Waals surface area contributed by atoms with E-state index in [1.807, 2.05) is 30.3 Å². The molecule has 5 aromatic rings. The van der Waals surface area contributed by atoms with Gasteiger partial charge in [-0.25, -0.2) is 14.5 Å². The normalized spacial score (nSPS) is 11.0. The second kappa shape index (κ2) is 8.83. The number of nitrogens with zero attached hydrogens (tertiary/aromatic N) is 6. The summed E-state index contributed by atoms with van der Waals surface area (Å²) in [6.07, 6.45) is 6.25. The second-order valence-corrected chi connectivity index (χ2v) is 7.84. The Morgan fingerprint density at radius 3 is 2.76 bits per heavy atom. The summed E-state index contributed by atoms with van der Waals surface area (Å²) in [4.78, 5) is 21.4. The Balaban J connectivity index is 1.44. The van der Waals surface area contributed by atoms with E-state index in [0.29, 0.717) is 34.0 Å². The van der Waals surface area contributed by atoms with E-state index < -0.39 is 5.91 Å². The topological polar surface area (TPSA) is 125 Å². The highest BCUT2D eigenvalue weighted by Gasteiger charge is 2.19. The lowest BCUT2D eigenvalue weighted by Crippen LogP contribution is -2.14. The maximum absolute atomic E-state index is 13.1. The molecule has 4 heterocycles. The summed E-state index contributed by atoms with van der Waals surface area (Å²) in [5, 5.41) is 11.8. The van der Waals surface area contributed by atoms with Gasteiger partial charge in [0.15, 0.2) is 5.82 Å². The van der Waals surface area contributed by atoms with E-state index >= 15 is 0 Å². The smallest absolute Gasteiger partial charge is 0.261 e. The highest BCUT2D eigenvalue weighted by molar-refractivity contribution is 6.35. The molecule has 4 aromatic heterocycles. The molecule has 34 heavy (non-hydrogen) atoms. The van der Waals surface area contributed by atoms with E-state index in [1.165, 1.54) is 13.4 Å². The van der Waals surface area contributed by atoms with E-state index in [4.69, 9.17) is 22.1 Å². The number of aromatic nitrogens is 6. The van der Waals surface area contributed by atoms with Gasteiger partial charge in [-0.1, -0.05) is 41.9 Å². The number of halogens is 1. The lowest BCUT2D eigenvalue weighted by Gasteiger charge is -2.10. The van der Waals surface area contributed by atoms with Gasteiger partial charge in [0.2, 0.25) is 5.88 Å². The van der Waals surface area contributed by atoms with Crippen LogP contribution in [0.1, 0.15) is 15.9 Å². The van der Waals surface area contributed by atoms with Gasteiger partial charge in [0.25, 0.3) is 5.91 Å². The lowest BCUT2D eigenvalue weighted by molar-refractivity contribution is 0.102. The fraction of sp³-hybridized carbons (Fsp3) is 0.0870. The third kappa shape index (κ3) is 4.02. The molecule has 0 radical (unpaired) electrons. The minimum absolute atomic E-state index is 0.180. The van der Waals surface area contributed by atoms with Gasteiger partial charge in [-0.3, -0.25) is 9.48 Å². The van der Waals surface area contributed by atoms with E-state index in [-0.39, 0.29) is 17.3 Å². The maximum Gasteiger partial charge on any atom is 0.261 e. The van der Waals surface area contributed by atoms with Crippen molar-refractivity contribution in [3.63, 3.8) is 0 Å². The number of benzene rings is 1. The number of anilines is 2. The zero-order chi connectivity index (χ0) is 23.7. The van der Waals surface area contributed by atoms with Gasteiger partial charge >= 0.3 is 0 Å². The molecule has 11 heteroatoms. The molecule has 0 unspecified atom stereocenters. The van der Waals surface area contributed by atoms with Crippen LogP contribution in [0.15, 0.2) is 67.4 Å². The number of fused-ring (bicyclic) bond motifs is 1. The Hall–Kier alpha value is -4.44. The van der Waals surface area contributed by atoms with Crippen LogP contribution in [-0.2, 0) is 6.54 Å². The number of rotatable bonds is 6. The summed E-state index contributed by atoms with van der Waals surface area (Å²) < 4.78 is 8.62. The summed E-state index contributed by atoms with van der Waals surface area (Å²) in [5.74, 6) is 0.0313. The molecule has 0 saturated heterocycles. The second-order valence-electron chi connectivity index (χ2n) is 7.43. The minimum Gasteiger partial charge on any atom is -0.480 e. The first-order chi connectivity index (χ1) is 16.5. The van der Waals surface area contributed by atoms with E-state index in [1.54, 1.807) is 39.9 Å². The average molecular weight is 475 g/mol. The van der Waals surface area contributed by atoms with Gasteiger partial charge in [-0.05, 0) is 17.7 Å². The van der Waals surface area contributed by atoms with Crippen molar-refractivity contribution < 1.29 is 9.53 Å². The van der Waals surface area contributed by atoms with Crippen LogP contribution in [0.4, 0.5) is 11.5 Å². The van der Waals surface area contributed by atoms with Crippen LogP contribution in [0.3, 0.4) is 0 Å². The summed E-state index contributed by atoms with van der Waals surface area (Å²) >= 11 is 6.35. The number of hydrogen-bond donors (Lipinski definition) is 2. The van der Waals surface area contributed by atoms with E-state index in [9.17, 15) is 4.79 Å². The fourth-order valence-electron chi connectivity index (χ4n) is 3.63. The highest BCUT2D eigenvalue weighted by atomic mass is 35.5. The lowest BCUT2D eigenvalue weighted by atomic mass is 10.1. The molecule has 1 aromatic carbocycles. The van der Waals surface area contributed by atoms with Crippen LogP contribution in [0.25, 0.3) is 16.8 Å². The molecule has 5 rings (SSSR count). The largest absolute Gasteiger partial charge is 0.480 e. The summed E-state index contributed by atoms with van der Waals surface area (Å²) in [6.45, 7) is 0.587. The molecular formula is C23H19ClN8O2. The Morgan fingerprint density at radius 1 is 1.15 bits per heavy atom. The van der Waals surface area contributed by atoms with Crippen LogP contribution in [-0.4, -0.2) is 42.4 Å². The number of pyridine rings is 1.